The van der Waals surface area contributed by atoms with Crippen LogP contribution in [0.2, 0.25) is 0 Å². The molecule has 1 unspecified atom stereocenters. The first kappa shape index (κ1) is 21.6. The van der Waals surface area contributed by atoms with Crippen LogP contribution in [0.4, 0.5) is 0 Å². The van der Waals surface area contributed by atoms with E-state index < -0.39 is 17.7 Å². The van der Waals surface area contributed by atoms with E-state index in [1.807, 2.05) is 12.1 Å². The molecular formula is C30H32O5. The molecule has 0 saturated heterocycles. The summed E-state index contributed by atoms with van der Waals surface area (Å²) in [6.07, 6.45) is 9.17. The predicted molar refractivity (Wildman–Crippen MR) is 129 cm³/mol. The van der Waals surface area contributed by atoms with Crippen molar-refractivity contribution in [3.8, 4) is 11.3 Å². The number of Topliss-reactive ketones (excluding diaryl/α,β-unsaturated/α-hetero) is 2. The topological polar surface area (TPSA) is 73.6 Å². The molecule has 35 heavy (non-hydrogen) atoms. The van der Waals surface area contributed by atoms with Gasteiger partial charge in [-0.1, -0.05) is 26.0 Å². The Morgan fingerprint density at radius 2 is 1.60 bits per heavy atom. The van der Waals surface area contributed by atoms with Gasteiger partial charge in [-0.3, -0.25) is 14.4 Å². The molecule has 1 aromatic carbocycles. The van der Waals surface area contributed by atoms with Crippen LogP contribution in [0, 0.1) is 30.1 Å². The van der Waals surface area contributed by atoms with Gasteiger partial charge in [-0.15, -0.1) is 0 Å². The summed E-state index contributed by atoms with van der Waals surface area (Å²) in [6.45, 7) is 6.11. The van der Waals surface area contributed by atoms with Gasteiger partial charge in [-0.25, -0.2) is 0 Å². The van der Waals surface area contributed by atoms with Crippen molar-refractivity contribution in [2.45, 2.75) is 83.7 Å². The molecule has 1 heterocycles. The Hall–Kier alpha value is -2.69. The van der Waals surface area contributed by atoms with Crippen molar-refractivity contribution in [1.29, 1.82) is 0 Å². The molecule has 8 rings (SSSR count). The second-order valence-electron chi connectivity index (χ2n) is 12.7. The van der Waals surface area contributed by atoms with E-state index in [1.165, 1.54) is 19.3 Å². The molecule has 0 amide bonds. The number of esters is 1. The smallest absolute Gasteiger partial charge is 0.312 e. The van der Waals surface area contributed by atoms with Gasteiger partial charge in [-0.05, 0) is 92.6 Å². The van der Waals surface area contributed by atoms with Crippen LogP contribution in [-0.2, 0) is 14.9 Å². The quantitative estimate of drug-likeness (QED) is 0.368. The van der Waals surface area contributed by atoms with Gasteiger partial charge in [0.25, 0.3) is 0 Å². The van der Waals surface area contributed by atoms with Crippen LogP contribution in [0.3, 0.4) is 0 Å². The number of carbonyl (C=O) groups is 3. The molecule has 6 aliphatic carbocycles. The van der Waals surface area contributed by atoms with Gasteiger partial charge < -0.3 is 9.15 Å². The summed E-state index contributed by atoms with van der Waals surface area (Å²) in [5.41, 5.74) is 3.24. The van der Waals surface area contributed by atoms with Gasteiger partial charge in [0.2, 0.25) is 11.6 Å². The summed E-state index contributed by atoms with van der Waals surface area (Å²) in [7, 11) is 0. The van der Waals surface area contributed by atoms with E-state index in [9.17, 15) is 14.4 Å². The molecule has 4 saturated carbocycles. The highest BCUT2D eigenvalue weighted by Gasteiger charge is 2.56. The van der Waals surface area contributed by atoms with Crippen LogP contribution in [0.5, 0.6) is 0 Å². The first-order valence-corrected chi connectivity index (χ1v) is 13.2. The van der Waals surface area contributed by atoms with Crippen LogP contribution < -0.4 is 0 Å². The van der Waals surface area contributed by atoms with Crippen LogP contribution in [0.15, 0.2) is 22.8 Å². The molecule has 2 aromatic rings. The third kappa shape index (κ3) is 2.90. The molecule has 1 atom stereocenters. The number of fused-ring (bicyclic) bond motifs is 5. The third-order valence-electron chi connectivity index (χ3n) is 9.93. The molecule has 5 heteroatoms. The number of hydrogen-bond acceptors (Lipinski definition) is 5. The average molecular weight is 473 g/mol. The Morgan fingerprint density at radius 1 is 0.971 bits per heavy atom. The number of benzene rings is 1. The van der Waals surface area contributed by atoms with Gasteiger partial charge in [0.05, 0.1) is 17.2 Å². The number of furan rings is 1. The van der Waals surface area contributed by atoms with Crippen LogP contribution >= 0.6 is 0 Å². The number of hydrogen-bond donors (Lipinski definition) is 0. The van der Waals surface area contributed by atoms with Crippen LogP contribution in [0.1, 0.15) is 109 Å². The van der Waals surface area contributed by atoms with E-state index in [4.69, 9.17) is 9.15 Å². The fraction of sp³-hybridized carbons (Fsp3) is 0.567. The summed E-state index contributed by atoms with van der Waals surface area (Å²) >= 11 is 0. The van der Waals surface area contributed by atoms with Crippen molar-refractivity contribution in [3.05, 3.63) is 46.2 Å². The SMILES string of the molecule is Cc1coc2c1C(=O)C(=O)c1c-2ccc2c1C(OC(=O)C13CC4CC(CC(C4)C1)C3)CCC2(C)C. The van der Waals surface area contributed by atoms with E-state index in [0.717, 1.165) is 36.8 Å². The molecule has 4 bridgehead atoms. The third-order valence-corrected chi connectivity index (χ3v) is 9.93. The highest BCUT2D eigenvalue weighted by atomic mass is 16.5. The zero-order chi connectivity index (χ0) is 24.3. The maximum absolute atomic E-state index is 13.9. The van der Waals surface area contributed by atoms with Gasteiger partial charge >= 0.3 is 5.97 Å². The molecular weight excluding hydrogens is 440 g/mol. The zero-order valence-electron chi connectivity index (χ0n) is 20.7. The maximum atomic E-state index is 13.9. The largest absolute Gasteiger partial charge is 0.463 e. The zero-order valence-corrected chi connectivity index (χ0v) is 20.7. The van der Waals surface area contributed by atoms with Gasteiger partial charge in [0.1, 0.15) is 11.9 Å². The number of carbonyl (C=O) groups excluding carboxylic acids is 3. The van der Waals surface area contributed by atoms with Crippen molar-refractivity contribution in [2.24, 2.45) is 23.2 Å². The first-order chi connectivity index (χ1) is 16.7. The number of rotatable bonds is 2. The first-order valence-electron chi connectivity index (χ1n) is 13.2. The Balaban J connectivity index is 1.33. The van der Waals surface area contributed by atoms with E-state index in [2.05, 4.69) is 13.8 Å². The minimum absolute atomic E-state index is 0.0750. The minimum Gasteiger partial charge on any atom is -0.463 e. The molecule has 182 valence electrons. The molecule has 0 radical (unpaired) electrons. The monoisotopic (exact) mass is 472 g/mol. The summed E-state index contributed by atoms with van der Waals surface area (Å²) in [6, 6.07) is 3.95. The summed E-state index contributed by atoms with van der Waals surface area (Å²) < 4.78 is 12.2. The highest BCUT2D eigenvalue weighted by Crippen LogP contribution is 2.61. The Labute approximate surface area is 205 Å². The minimum atomic E-state index is -0.526. The molecule has 6 aliphatic rings. The highest BCUT2D eigenvalue weighted by molar-refractivity contribution is 6.53. The van der Waals surface area contributed by atoms with Crippen molar-refractivity contribution in [3.63, 3.8) is 0 Å². The lowest BCUT2D eigenvalue weighted by atomic mass is 9.49. The molecule has 0 N–H and O–H groups in total. The van der Waals surface area contributed by atoms with E-state index in [1.54, 1.807) is 13.2 Å². The predicted octanol–water partition coefficient (Wildman–Crippen LogP) is 6.51. The van der Waals surface area contributed by atoms with Gasteiger partial charge in [-0.2, -0.15) is 0 Å². The molecule has 5 nitrogen and oxygen atoms in total. The van der Waals surface area contributed by atoms with E-state index in [0.29, 0.717) is 52.2 Å². The maximum Gasteiger partial charge on any atom is 0.312 e. The fourth-order valence-corrected chi connectivity index (χ4v) is 8.63. The van der Waals surface area contributed by atoms with Crippen molar-refractivity contribution in [2.75, 3.05) is 0 Å². The van der Waals surface area contributed by atoms with Crippen LogP contribution in [-0.4, -0.2) is 17.5 Å². The van der Waals surface area contributed by atoms with Gasteiger partial charge in [0, 0.05) is 16.7 Å². The fourth-order valence-electron chi connectivity index (χ4n) is 8.63. The molecule has 0 spiro atoms. The van der Waals surface area contributed by atoms with Crippen molar-refractivity contribution >= 4 is 17.5 Å². The Morgan fingerprint density at radius 3 is 2.26 bits per heavy atom. The number of ether oxygens (including phenoxy) is 1. The molecule has 0 aliphatic heterocycles. The lowest BCUT2D eigenvalue weighted by Gasteiger charge is -2.55. The Bertz CT molecular complexity index is 1270. The number of aryl methyl sites for hydroxylation is 1. The summed E-state index contributed by atoms with van der Waals surface area (Å²) in [5.74, 6) is 1.30. The number of ketones is 2. The second-order valence-corrected chi connectivity index (χ2v) is 12.7. The Kier molecular flexibility index (Phi) is 4.29. The lowest BCUT2D eigenvalue weighted by molar-refractivity contribution is -0.178. The second kappa shape index (κ2) is 6.96. The van der Waals surface area contributed by atoms with E-state index in [-0.39, 0.29) is 16.8 Å². The normalized spacial score (nSPS) is 33.8. The van der Waals surface area contributed by atoms with Crippen molar-refractivity contribution in [1.82, 2.24) is 0 Å². The summed E-state index contributed by atoms with van der Waals surface area (Å²) in [4.78, 5) is 40.5. The standard InChI is InChI=1S/C30H32O5/c1-15-14-34-27-19-4-5-20-24(23(19)26(32)25(31)22(15)27)21(6-7-29(20,2)3)35-28(33)30-11-16-8-17(12-30)10-18(9-16)13-30/h4-5,14,16-18,21H,6-13H2,1-3H3. The average Bonchev–Trinajstić information content (AvgIpc) is 3.19. The van der Waals surface area contributed by atoms with Crippen molar-refractivity contribution < 1.29 is 23.5 Å². The van der Waals surface area contributed by atoms with Crippen LogP contribution in [0.25, 0.3) is 11.3 Å². The van der Waals surface area contributed by atoms with Gasteiger partial charge in [0.15, 0.2) is 0 Å². The molecule has 1 aromatic heterocycles. The molecule has 4 fully saturated rings. The van der Waals surface area contributed by atoms with E-state index >= 15 is 0 Å². The lowest BCUT2D eigenvalue weighted by Crippen LogP contribution is -2.51. The summed E-state index contributed by atoms with van der Waals surface area (Å²) in [5, 5.41) is 0.